The Kier molecular flexibility index (Phi) is 2.91. The van der Waals surface area contributed by atoms with E-state index in [-0.39, 0.29) is 0 Å². The monoisotopic (exact) mass is 158 g/mol. The first kappa shape index (κ1) is 9.02. The maximum atomic E-state index is 13.0. The molecule has 0 aromatic heterocycles. The van der Waals surface area contributed by atoms with Crippen molar-refractivity contribution < 1.29 is 4.39 Å². The molecule has 0 amide bonds. The Hall–Kier alpha value is -0.0700. The minimum atomic E-state index is -0.604. The van der Waals surface area contributed by atoms with Crippen LogP contribution in [0, 0.1) is 17.8 Å². The van der Waals surface area contributed by atoms with Crippen LogP contribution < -0.4 is 0 Å². The van der Waals surface area contributed by atoms with E-state index in [1.54, 1.807) is 6.92 Å². The van der Waals surface area contributed by atoms with Gasteiger partial charge in [-0.3, -0.25) is 0 Å². The molecule has 0 aromatic rings. The fourth-order valence-corrected chi connectivity index (χ4v) is 2.27. The Balaban J connectivity index is 2.51. The van der Waals surface area contributed by atoms with Crippen LogP contribution in [0.5, 0.6) is 0 Å². The fourth-order valence-electron chi connectivity index (χ4n) is 2.27. The van der Waals surface area contributed by atoms with E-state index < -0.39 is 6.17 Å². The number of halogens is 1. The highest BCUT2D eigenvalue weighted by atomic mass is 19.1. The van der Waals surface area contributed by atoms with Gasteiger partial charge in [0, 0.05) is 0 Å². The van der Waals surface area contributed by atoms with E-state index >= 15 is 0 Å². The summed E-state index contributed by atoms with van der Waals surface area (Å²) in [6.45, 7) is 6.16. The molecule has 1 heteroatoms. The zero-order valence-electron chi connectivity index (χ0n) is 7.81. The van der Waals surface area contributed by atoms with Gasteiger partial charge in [0.05, 0.1) is 0 Å². The maximum absolute atomic E-state index is 13.0. The average molecular weight is 158 g/mol. The Bertz CT molecular complexity index is 120. The van der Waals surface area contributed by atoms with E-state index in [1.807, 2.05) is 0 Å². The molecular weight excluding hydrogens is 139 g/mol. The van der Waals surface area contributed by atoms with Crippen molar-refractivity contribution in [3.63, 3.8) is 0 Å². The van der Waals surface area contributed by atoms with Crippen molar-refractivity contribution in [2.24, 2.45) is 17.8 Å². The largest absolute Gasteiger partial charge is 0.247 e. The first-order chi connectivity index (χ1) is 5.13. The van der Waals surface area contributed by atoms with Crippen molar-refractivity contribution in [2.75, 3.05) is 0 Å². The normalized spacial score (nSPS) is 42.0. The van der Waals surface area contributed by atoms with E-state index in [9.17, 15) is 4.39 Å². The molecule has 1 fully saturated rings. The lowest BCUT2D eigenvalue weighted by atomic mass is 9.72. The zero-order valence-corrected chi connectivity index (χ0v) is 7.81. The van der Waals surface area contributed by atoms with Crippen molar-refractivity contribution in [3.05, 3.63) is 0 Å². The van der Waals surface area contributed by atoms with Crippen LogP contribution in [0.25, 0.3) is 0 Å². The molecule has 0 aromatic carbocycles. The standard InChI is InChI=1S/C10H19F/c1-7-5-4-6-10(8(7)2)9(3)11/h7-10H,4-6H2,1-3H3. The summed E-state index contributed by atoms with van der Waals surface area (Å²) in [5.74, 6) is 1.65. The van der Waals surface area contributed by atoms with Crippen molar-refractivity contribution in [1.29, 1.82) is 0 Å². The molecule has 1 aliphatic rings. The maximum Gasteiger partial charge on any atom is 0.100 e. The molecule has 0 saturated heterocycles. The highest BCUT2D eigenvalue weighted by Gasteiger charge is 2.30. The van der Waals surface area contributed by atoms with E-state index in [0.29, 0.717) is 11.8 Å². The SMILES string of the molecule is CC(F)C1CCCC(C)C1C. The summed E-state index contributed by atoms with van der Waals surface area (Å²) >= 11 is 0. The van der Waals surface area contributed by atoms with Crippen LogP contribution in [-0.4, -0.2) is 6.17 Å². The molecule has 4 atom stereocenters. The van der Waals surface area contributed by atoms with Crippen LogP contribution in [0.2, 0.25) is 0 Å². The van der Waals surface area contributed by atoms with Gasteiger partial charge >= 0.3 is 0 Å². The molecule has 4 unspecified atom stereocenters. The molecule has 1 saturated carbocycles. The van der Waals surface area contributed by atoms with Gasteiger partial charge in [-0.1, -0.05) is 26.7 Å². The fraction of sp³-hybridized carbons (Fsp3) is 1.00. The molecule has 66 valence electrons. The van der Waals surface area contributed by atoms with Crippen molar-refractivity contribution in [1.82, 2.24) is 0 Å². The van der Waals surface area contributed by atoms with Gasteiger partial charge in [0.15, 0.2) is 0 Å². The van der Waals surface area contributed by atoms with Gasteiger partial charge in [-0.25, -0.2) is 4.39 Å². The molecule has 0 spiro atoms. The van der Waals surface area contributed by atoms with Gasteiger partial charge in [-0.15, -0.1) is 0 Å². The van der Waals surface area contributed by atoms with Crippen LogP contribution in [0.3, 0.4) is 0 Å². The van der Waals surface area contributed by atoms with Crippen LogP contribution in [0.1, 0.15) is 40.0 Å². The molecule has 1 aliphatic carbocycles. The number of alkyl halides is 1. The summed E-state index contributed by atoms with van der Waals surface area (Å²) in [4.78, 5) is 0. The summed E-state index contributed by atoms with van der Waals surface area (Å²) in [6, 6.07) is 0. The Morgan fingerprint density at radius 1 is 1.27 bits per heavy atom. The molecule has 0 N–H and O–H groups in total. The number of hydrogen-bond donors (Lipinski definition) is 0. The van der Waals surface area contributed by atoms with Crippen LogP contribution in [0.15, 0.2) is 0 Å². The summed E-state index contributed by atoms with van der Waals surface area (Å²) in [6.07, 6.45) is 3.02. The lowest BCUT2D eigenvalue weighted by Gasteiger charge is -2.34. The number of hydrogen-bond acceptors (Lipinski definition) is 0. The van der Waals surface area contributed by atoms with Gasteiger partial charge < -0.3 is 0 Å². The lowest BCUT2D eigenvalue weighted by molar-refractivity contribution is 0.103. The minimum Gasteiger partial charge on any atom is -0.247 e. The molecule has 0 radical (unpaired) electrons. The van der Waals surface area contributed by atoms with Crippen molar-refractivity contribution in [2.45, 2.75) is 46.2 Å². The van der Waals surface area contributed by atoms with Crippen LogP contribution in [-0.2, 0) is 0 Å². The van der Waals surface area contributed by atoms with E-state index in [0.717, 1.165) is 12.3 Å². The predicted octanol–water partition coefficient (Wildman–Crippen LogP) is 3.42. The third-order valence-electron chi connectivity index (χ3n) is 3.36. The molecule has 0 heterocycles. The Labute approximate surface area is 69.2 Å². The Morgan fingerprint density at radius 3 is 2.36 bits per heavy atom. The van der Waals surface area contributed by atoms with E-state index in [2.05, 4.69) is 13.8 Å². The molecule has 11 heavy (non-hydrogen) atoms. The smallest absolute Gasteiger partial charge is 0.100 e. The summed E-state index contributed by atoms with van der Waals surface area (Å²) < 4.78 is 13.0. The molecule has 1 rings (SSSR count). The summed E-state index contributed by atoms with van der Waals surface area (Å²) in [5.41, 5.74) is 0. The highest BCUT2D eigenvalue weighted by molar-refractivity contribution is 4.80. The van der Waals surface area contributed by atoms with Gasteiger partial charge in [0.2, 0.25) is 0 Å². The third-order valence-corrected chi connectivity index (χ3v) is 3.36. The topological polar surface area (TPSA) is 0 Å². The van der Waals surface area contributed by atoms with Crippen molar-refractivity contribution in [3.8, 4) is 0 Å². The van der Waals surface area contributed by atoms with Gasteiger partial charge in [-0.05, 0) is 31.1 Å². The molecule has 0 nitrogen and oxygen atoms in total. The third kappa shape index (κ3) is 1.94. The molecular formula is C10H19F. The van der Waals surface area contributed by atoms with Crippen molar-refractivity contribution >= 4 is 0 Å². The predicted molar refractivity (Wildman–Crippen MR) is 46.2 cm³/mol. The van der Waals surface area contributed by atoms with Crippen LogP contribution in [0.4, 0.5) is 4.39 Å². The second kappa shape index (κ2) is 3.55. The highest BCUT2D eigenvalue weighted by Crippen LogP contribution is 2.36. The van der Waals surface area contributed by atoms with Gasteiger partial charge in [0.1, 0.15) is 6.17 Å². The minimum absolute atomic E-state index is 0.332. The average Bonchev–Trinajstić information content (AvgIpc) is 1.94. The second-order valence-electron chi connectivity index (χ2n) is 4.11. The Morgan fingerprint density at radius 2 is 1.91 bits per heavy atom. The van der Waals surface area contributed by atoms with E-state index in [1.165, 1.54) is 12.8 Å². The van der Waals surface area contributed by atoms with Crippen LogP contribution >= 0.6 is 0 Å². The van der Waals surface area contributed by atoms with Gasteiger partial charge in [0.25, 0.3) is 0 Å². The van der Waals surface area contributed by atoms with Gasteiger partial charge in [-0.2, -0.15) is 0 Å². The molecule has 0 bridgehead atoms. The quantitative estimate of drug-likeness (QED) is 0.548. The summed E-state index contributed by atoms with van der Waals surface area (Å²) in [7, 11) is 0. The first-order valence-corrected chi connectivity index (χ1v) is 4.77. The second-order valence-corrected chi connectivity index (χ2v) is 4.11. The molecule has 0 aliphatic heterocycles. The summed E-state index contributed by atoms with van der Waals surface area (Å²) in [5, 5.41) is 0. The zero-order chi connectivity index (χ0) is 8.43. The number of rotatable bonds is 1. The first-order valence-electron chi connectivity index (χ1n) is 4.77. The lowest BCUT2D eigenvalue weighted by Crippen LogP contribution is -2.29. The van der Waals surface area contributed by atoms with E-state index in [4.69, 9.17) is 0 Å².